The maximum absolute atomic E-state index is 10.6. The number of aliphatic hydroxyl groups is 1. The Balaban J connectivity index is 1.95. The van der Waals surface area contributed by atoms with Gasteiger partial charge in [-0.25, -0.2) is 0 Å². The molecule has 0 bridgehead atoms. The molecule has 1 N–H and O–H groups in total. The molecule has 1 aliphatic rings. The first-order chi connectivity index (χ1) is 9.29. The lowest BCUT2D eigenvalue weighted by Gasteiger charge is -2.13. The number of para-hydroxylation sites is 1. The molecule has 2 aromatic rings. The number of aliphatic hydroxyl groups excluding tert-OH is 1. The SMILES string of the molecule is COc1ccccc1C(O)c1cc2c(s1)CCCC2. The number of thiophene rings is 1. The highest BCUT2D eigenvalue weighted by atomic mass is 32.1. The maximum atomic E-state index is 10.6. The van der Waals surface area contributed by atoms with Gasteiger partial charge in [0.25, 0.3) is 0 Å². The van der Waals surface area contributed by atoms with Crippen LogP contribution in [0, 0.1) is 0 Å². The van der Waals surface area contributed by atoms with E-state index in [1.165, 1.54) is 29.7 Å². The van der Waals surface area contributed by atoms with Crippen molar-refractivity contribution in [3.05, 3.63) is 51.2 Å². The van der Waals surface area contributed by atoms with Crippen LogP contribution in [0.4, 0.5) is 0 Å². The topological polar surface area (TPSA) is 29.5 Å². The van der Waals surface area contributed by atoms with E-state index in [0.717, 1.165) is 22.6 Å². The van der Waals surface area contributed by atoms with Crippen molar-refractivity contribution >= 4 is 11.3 Å². The fourth-order valence-electron chi connectivity index (χ4n) is 2.69. The van der Waals surface area contributed by atoms with Crippen LogP contribution in [0.2, 0.25) is 0 Å². The lowest BCUT2D eigenvalue weighted by molar-refractivity contribution is 0.218. The average Bonchev–Trinajstić information content (AvgIpc) is 2.90. The first-order valence-corrected chi connectivity index (χ1v) is 7.53. The zero-order valence-corrected chi connectivity index (χ0v) is 11.9. The van der Waals surface area contributed by atoms with Crippen LogP contribution in [0.25, 0.3) is 0 Å². The van der Waals surface area contributed by atoms with Gasteiger partial charge in [-0.05, 0) is 43.4 Å². The van der Waals surface area contributed by atoms with Gasteiger partial charge in [0.15, 0.2) is 0 Å². The maximum Gasteiger partial charge on any atom is 0.125 e. The molecule has 3 heteroatoms. The Kier molecular flexibility index (Phi) is 3.58. The summed E-state index contributed by atoms with van der Waals surface area (Å²) in [5.41, 5.74) is 2.28. The van der Waals surface area contributed by atoms with Crippen molar-refractivity contribution in [3.8, 4) is 5.75 Å². The highest BCUT2D eigenvalue weighted by molar-refractivity contribution is 7.12. The first-order valence-electron chi connectivity index (χ1n) is 6.72. The third kappa shape index (κ3) is 2.40. The normalized spacial score (nSPS) is 15.9. The van der Waals surface area contributed by atoms with Gasteiger partial charge in [0.1, 0.15) is 11.9 Å². The summed E-state index contributed by atoms with van der Waals surface area (Å²) in [6.45, 7) is 0. The Labute approximate surface area is 117 Å². The molecule has 0 fully saturated rings. The van der Waals surface area contributed by atoms with Crippen LogP contribution in [0.1, 0.15) is 39.8 Å². The lowest BCUT2D eigenvalue weighted by Crippen LogP contribution is -2.00. The summed E-state index contributed by atoms with van der Waals surface area (Å²) in [4.78, 5) is 2.49. The lowest BCUT2D eigenvalue weighted by atomic mass is 9.98. The fourth-order valence-corrected chi connectivity index (χ4v) is 3.96. The van der Waals surface area contributed by atoms with E-state index in [0.29, 0.717) is 0 Å². The molecule has 3 rings (SSSR count). The first kappa shape index (κ1) is 12.7. The summed E-state index contributed by atoms with van der Waals surface area (Å²) in [5.74, 6) is 0.751. The van der Waals surface area contributed by atoms with Crippen LogP contribution in [0.15, 0.2) is 30.3 Å². The second-order valence-corrected chi connectivity index (χ2v) is 6.12. The smallest absolute Gasteiger partial charge is 0.125 e. The molecule has 1 atom stereocenters. The van der Waals surface area contributed by atoms with E-state index in [-0.39, 0.29) is 0 Å². The molecule has 19 heavy (non-hydrogen) atoms. The molecule has 0 amide bonds. The van der Waals surface area contributed by atoms with E-state index in [2.05, 4.69) is 6.07 Å². The van der Waals surface area contributed by atoms with Crippen LogP contribution in [0.3, 0.4) is 0 Å². The standard InChI is InChI=1S/C16H18O2S/c1-18-13-8-4-3-7-12(13)16(17)15-10-11-6-2-5-9-14(11)19-15/h3-4,7-8,10,16-17H,2,5-6,9H2,1H3. The van der Waals surface area contributed by atoms with Crippen molar-refractivity contribution in [2.45, 2.75) is 31.8 Å². The van der Waals surface area contributed by atoms with E-state index < -0.39 is 6.10 Å². The van der Waals surface area contributed by atoms with Crippen molar-refractivity contribution < 1.29 is 9.84 Å². The number of methoxy groups -OCH3 is 1. The Bertz CT molecular complexity index is 550. The van der Waals surface area contributed by atoms with Gasteiger partial charge in [-0.2, -0.15) is 0 Å². The minimum Gasteiger partial charge on any atom is -0.496 e. The number of aryl methyl sites for hydroxylation is 2. The highest BCUT2D eigenvalue weighted by Gasteiger charge is 2.20. The average molecular weight is 274 g/mol. The summed E-state index contributed by atoms with van der Waals surface area (Å²) in [6, 6.07) is 9.87. The van der Waals surface area contributed by atoms with Crippen molar-refractivity contribution in [1.29, 1.82) is 0 Å². The van der Waals surface area contributed by atoms with E-state index in [4.69, 9.17) is 4.74 Å². The predicted molar refractivity (Wildman–Crippen MR) is 78.0 cm³/mol. The second kappa shape index (κ2) is 5.35. The van der Waals surface area contributed by atoms with Gasteiger partial charge in [-0.3, -0.25) is 0 Å². The van der Waals surface area contributed by atoms with Gasteiger partial charge in [0.05, 0.1) is 7.11 Å². The molecule has 1 aliphatic carbocycles. The summed E-state index contributed by atoms with van der Waals surface area (Å²) >= 11 is 1.75. The van der Waals surface area contributed by atoms with E-state index in [9.17, 15) is 5.11 Å². The molecule has 1 unspecified atom stereocenters. The van der Waals surface area contributed by atoms with Gasteiger partial charge in [0, 0.05) is 15.3 Å². The van der Waals surface area contributed by atoms with Gasteiger partial charge in [0.2, 0.25) is 0 Å². The van der Waals surface area contributed by atoms with Gasteiger partial charge >= 0.3 is 0 Å². The number of rotatable bonds is 3. The molecule has 2 nitrogen and oxygen atoms in total. The molecular weight excluding hydrogens is 256 g/mol. The highest BCUT2D eigenvalue weighted by Crippen LogP contribution is 2.37. The molecule has 1 aromatic heterocycles. The minimum atomic E-state index is -0.577. The monoisotopic (exact) mass is 274 g/mol. The molecule has 0 spiro atoms. The van der Waals surface area contributed by atoms with E-state index in [1.807, 2.05) is 24.3 Å². The molecule has 100 valence electrons. The Hall–Kier alpha value is -1.32. The molecular formula is C16H18O2S. The summed E-state index contributed by atoms with van der Waals surface area (Å²) in [5, 5.41) is 10.6. The zero-order valence-electron chi connectivity index (χ0n) is 11.1. The Morgan fingerprint density at radius 1 is 1.21 bits per heavy atom. The molecule has 1 heterocycles. The molecule has 1 aromatic carbocycles. The second-order valence-electron chi connectivity index (χ2n) is 4.95. The fraction of sp³-hybridized carbons (Fsp3) is 0.375. The van der Waals surface area contributed by atoms with Crippen molar-refractivity contribution in [2.24, 2.45) is 0 Å². The number of ether oxygens (including phenoxy) is 1. The predicted octanol–water partition coefficient (Wildman–Crippen LogP) is 3.72. The largest absolute Gasteiger partial charge is 0.496 e. The quantitative estimate of drug-likeness (QED) is 0.924. The van der Waals surface area contributed by atoms with Crippen molar-refractivity contribution in [2.75, 3.05) is 7.11 Å². The van der Waals surface area contributed by atoms with Crippen LogP contribution in [-0.4, -0.2) is 12.2 Å². The Morgan fingerprint density at radius 2 is 2.00 bits per heavy atom. The zero-order chi connectivity index (χ0) is 13.2. The number of hydrogen-bond acceptors (Lipinski definition) is 3. The molecule has 0 saturated carbocycles. The third-order valence-corrected chi connectivity index (χ3v) is 5.01. The summed E-state index contributed by atoms with van der Waals surface area (Å²) < 4.78 is 5.33. The van der Waals surface area contributed by atoms with Crippen LogP contribution in [0.5, 0.6) is 5.75 Å². The van der Waals surface area contributed by atoms with Gasteiger partial charge in [-0.1, -0.05) is 18.2 Å². The van der Waals surface area contributed by atoms with Crippen molar-refractivity contribution in [3.63, 3.8) is 0 Å². The summed E-state index contributed by atoms with van der Waals surface area (Å²) in [6.07, 6.45) is 4.29. The van der Waals surface area contributed by atoms with Crippen LogP contribution in [-0.2, 0) is 12.8 Å². The van der Waals surface area contributed by atoms with E-state index in [1.54, 1.807) is 18.4 Å². The Morgan fingerprint density at radius 3 is 2.79 bits per heavy atom. The van der Waals surface area contributed by atoms with Gasteiger partial charge < -0.3 is 9.84 Å². The van der Waals surface area contributed by atoms with Crippen molar-refractivity contribution in [1.82, 2.24) is 0 Å². The molecule has 0 saturated heterocycles. The summed E-state index contributed by atoms with van der Waals surface area (Å²) in [7, 11) is 1.64. The number of fused-ring (bicyclic) bond motifs is 1. The van der Waals surface area contributed by atoms with Crippen LogP contribution < -0.4 is 4.74 Å². The van der Waals surface area contributed by atoms with Gasteiger partial charge in [-0.15, -0.1) is 11.3 Å². The molecule has 0 radical (unpaired) electrons. The minimum absolute atomic E-state index is 0.577. The van der Waals surface area contributed by atoms with E-state index >= 15 is 0 Å². The number of benzene rings is 1. The van der Waals surface area contributed by atoms with Crippen LogP contribution >= 0.6 is 11.3 Å². The molecule has 0 aliphatic heterocycles. The third-order valence-electron chi connectivity index (χ3n) is 3.72. The number of hydrogen-bond donors (Lipinski definition) is 1.